The third-order valence-electron chi connectivity index (χ3n) is 5.98. The lowest BCUT2D eigenvalue weighted by Crippen LogP contribution is -2.60. The highest BCUT2D eigenvalue weighted by atomic mass is 35.5. The summed E-state index contributed by atoms with van der Waals surface area (Å²) in [6, 6.07) is 1.88. The van der Waals surface area contributed by atoms with Crippen LogP contribution in [-0.2, 0) is 25.4 Å². The van der Waals surface area contributed by atoms with Gasteiger partial charge in [-0.2, -0.15) is 0 Å². The van der Waals surface area contributed by atoms with Gasteiger partial charge in [-0.25, -0.2) is 21.1 Å². The average Bonchev–Trinajstić information content (AvgIpc) is 3.08. The van der Waals surface area contributed by atoms with Crippen LogP contribution in [0.1, 0.15) is 29.0 Å². The van der Waals surface area contributed by atoms with Crippen LogP contribution in [0.25, 0.3) is 0 Å². The zero-order chi connectivity index (χ0) is 22.6. The SMILES string of the molecule is CN1C(=N)N[C@](C)(c2sc(C3C=CC=C(N4CCS(=O)(=O)CC4)C3)cc2Cl)CS1(=O)=O. The molecule has 2 atom stereocenters. The second-order valence-electron chi connectivity index (χ2n) is 8.35. The van der Waals surface area contributed by atoms with Crippen molar-refractivity contribution in [3.05, 3.63) is 44.8 Å². The van der Waals surface area contributed by atoms with E-state index in [1.54, 1.807) is 6.92 Å². The maximum atomic E-state index is 12.5. The third kappa shape index (κ3) is 4.37. The first-order valence-corrected chi connectivity index (χ1v) is 14.5. The second-order valence-corrected chi connectivity index (χ2v) is 14.1. The summed E-state index contributed by atoms with van der Waals surface area (Å²) in [4.78, 5) is 3.83. The molecule has 8 nitrogen and oxygen atoms in total. The summed E-state index contributed by atoms with van der Waals surface area (Å²) in [5.41, 5.74) is 0.113. The minimum absolute atomic E-state index is 0.0701. The summed E-state index contributed by atoms with van der Waals surface area (Å²) in [6.07, 6.45) is 6.82. The number of halogens is 1. The van der Waals surface area contributed by atoms with E-state index in [9.17, 15) is 16.8 Å². The molecule has 2 saturated heterocycles. The molecule has 1 aliphatic carbocycles. The molecule has 1 unspecified atom stereocenters. The van der Waals surface area contributed by atoms with Crippen molar-refractivity contribution in [2.75, 3.05) is 37.4 Å². The number of rotatable bonds is 3. The molecule has 0 spiro atoms. The van der Waals surface area contributed by atoms with Crippen LogP contribution in [0.4, 0.5) is 0 Å². The van der Waals surface area contributed by atoms with E-state index in [0.29, 0.717) is 23.0 Å². The Morgan fingerprint density at radius 1 is 1.26 bits per heavy atom. The van der Waals surface area contributed by atoms with Gasteiger partial charge in [0.25, 0.3) is 0 Å². The molecule has 4 rings (SSSR count). The van der Waals surface area contributed by atoms with E-state index >= 15 is 0 Å². The van der Waals surface area contributed by atoms with Gasteiger partial charge in [0.15, 0.2) is 9.84 Å². The molecule has 12 heteroatoms. The molecule has 2 fully saturated rings. The number of hydrogen-bond acceptors (Lipinski definition) is 7. The molecule has 31 heavy (non-hydrogen) atoms. The fourth-order valence-corrected chi connectivity index (χ4v) is 8.63. The van der Waals surface area contributed by atoms with Crippen molar-refractivity contribution in [1.82, 2.24) is 14.5 Å². The maximum Gasteiger partial charge on any atom is 0.239 e. The first kappa shape index (κ1) is 22.6. The van der Waals surface area contributed by atoms with Crippen molar-refractivity contribution in [2.45, 2.75) is 24.8 Å². The molecular weight excluding hydrogens is 480 g/mol. The minimum Gasteiger partial charge on any atom is -0.373 e. The Labute approximate surface area is 192 Å². The minimum atomic E-state index is -3.62. The van der Waals surface area contributed by atoms with Gasteiger partial charge in [-0.1, -0.05) is 23.8 Å². The lowest BCUT2D eigenvalue weighted by atomic mass is 9.95. The van der Waals surface area contributed by atoms with Gasteiger partial charge in [-0.15, -0.1) is 11.3 Å². The first-order chi connectivity index (χ1) is 14.4. The Hall–Kier alpha value is -1.56. The maximum absolute atomic E-state index is 12.5. The highest BCUT2D eigenvalue weighted by Gasteiger charge is 2.44. The van der Waals surface area contributed by atoms with Gasteiger partial charge in [0.05, 0.1) is 27.8 Å². The van der Waals surface area contributed by atoms with Gasteiger partial charge >= 0.3 is 0 Å². The summed E-state index contributed by atoms with van der Waals surface area (Å²) in [6.45, 7) is 2.76. The molecule has 1 aromatic heterocycles. The zero-order valence-electron chi connectivity index (χ0n) is 17.3. The lowest BCUT2D eigenvalue weighted by Gasteiger charge is -2.39. The first-order valence-electron chi connectivity index (χ1n) is 9.86. The fraction of sp³-hybridized carbons (Fsp3) is 0.526. The topological polar surface area (TPSA) is 111 Å². The number of nitrogens with one attached hydrogen (secondary N) is 2. The summed E-state index contributed by atoms with van der Waals surface area (Å²) >= 11 is 8.01. The summed E-state index contributed by atoms with van der Waals surface area (Å²) in [5, 5.41) is 11.5. The summed E-state index contributed by atoms with van der Waals surface area (Å²) in [5.74, 6) is 0.0503. The lowest BCUT2D eigenvalue weighted by molar-refractivity contribution is 0.352. The van der Waals surface area contributed by atoms with Crippen molar-refractivity contribution >= 4 is 48.8 Å². The fourth-order valence-electron chi connectivity index (χ4n) is 4.14. The van der Waals surface area contributed by atoms with Crippen molar-refractivity contribution in [2.24, 2.45) is 0 Å². The predicted octanol–water partition coefficient (Wildman–Crippen LogP) is 2.07. The molecule has 0 bridgehead atoms. The molecule has 0 radical (unpaired) electrons. The van der Waals surface area contributed by atoms with E-state index in [1.165, 1.54) is 18.4 Å². The van der Waals surface area contributed by atoms with Crippen molar-refractivity contribution in [1.29, 1.82) is 5.41 Å². The van der Waals surface area contributed by atoms with Crippen molar-refractivity contribution < 1.29 is 16.8 Å². The highest BCUT2D eigenvalue weighted by Crippen LogP contribution is 2.43. The van der Waals surface area contributed by atoms with Crippen molar-refractivity contribution in [3.8, 4) is 0 Å². The zero-order valence-corrected chi connectivity index (χ0v) is 20.5. The molecule has 2 aliphatic heterocycles. The Balaban J connectivity index is 1.55. The van der Waals surface area contributed by atoms with Gasteiger partial charge in [0.2, 0.25) is 16.0 Å². The number of nitrogens with zero attached hydrogens (tertiary/aromatic N) is 2. The van der Waals surface area contributed by atoms with Gasteiger partial charge in [-0.3, -0.25) is 5.41 Å². The normalized spacial score (nSPS) is 30.1. The van der Waals surface area contributed by atoms with Crippen LogP contribution in [0, 0.1) is 5.41 Å². The van der Waals surface area contributed by atoms with Gasteiger partial charge in [0.1, 0.15) is 0 Å². The van der Waals surface area contributed by atoms with Crippen LogP contribution < -0.4 is 5.32 Å². The van der Waals surface area contributed by atoms with E-state index in [-0.39, 0.29) is 29.1 Å². The number of guanidine groups is 1. The van der Waals surface area contributed by atoms with Crippen LogP contribution in [0.15, 0.2) is 30.0 Å². The second kappa shape index (κ2) is 7.79. The van der Waals surface area contributed by atoms with Crippen LogP contribution in [0.3, 0.4) is 0 Å². The monoisotopic (exact) mass is 504 g/mol. The number of sulfonamides is 1. The highest BCUT2D eigenvalue weighted by molar-refractivity contribution is 7.91. The largest absolute Gasteiger partial charge is 0.373 e. The molecule has 3 heterocycles. The average molecular weight is 505 g/mol. The van der Waals surface area contributed by atoms with Crippen LogP contribution in [0.2, 0.25) is 5.02 Å². The van der Waals surface area contributed by atoms with E-state index in [0.717, 1.165) is 21.3 Å². The molecule has 2 N–H and O–H groups in total. The molecule has 0 saturated carbocycles. The standard InChI is InChI=1S/C19H25ClN4O4S3/c1-19(12-31(27,28)23(2)18(21)22-19)17-15(20)11-16(29-17)13-4-3-5-14(10-13)24-6-8-30(25,26)9-7-24/h3-5,11,13H,6-10,12H2,1-2H3,(H2,21,22)/t13?,19-/m0/s1. The van der Waals surface area contributed by atoms with Gasteiger partial charge in [0, 0.05) is 41.5 Å². The molecule has 3 aliphatic rings. The number of allylic oxidation sites excluding steroid dienone is 4. The summed E-state index contributed by atoms with van der Waals surface area (Å²) < 4.78 is 49.4. The van der Waals surface area contributed by atoms with E-state index < -0.39 is 25.4 Å². The van der Waals surface area contributed by atoms with Crippen LogP contribution in [-0.4, -0.2) is 69.4 Å². The Kier molecular flexibility index (Phi) is 5.68. The predicted molar refractivity (Wildman–Crippen MR) is 124 cm³/mol. The third-order valence-corrected chi connectivity index (χ3v) is 11.5. The Bertz CT molecular complexity index is 1170. The quantitative estimate of drug-likeness (QED) is 0.652. The van der Waals surface area contributed by atoms with E-state index in [4.69, 9.17) is 17.0 Å². The number of thiophene rings is 1. The molecule has 0 aromatic carbocycles. The van der Waals surface area contributed by atoms with E-state index in [2.05, 4.69) is 16.3 Å². The molecule has 1 aromatic rings. The smallest absolute Gasteiger partial charge is 0.239 e. The van der Waals surface area contributed by atoms with Gasteiger partial charge in [-0.05, 0) is 25.5 Å². The molecule has 170 valence electrons. The Morgan fingerprint density at radius 3 is 2.58 bits per heavy atom. The number of hydrogen-bond donors (Lipinski definition) is 2. The summed E-state index contributed by atoms with van der Waals surface area (Å²) in [7, 11) is -5.20. The van der Waals surface area contributed by atoms with Crippen LogP contribution in [0.5, 0.6) is 0 Å². The number of sulfone groups is 1. The Morgan fingerprint density at radius 2 is 1.94 bits per heavy atom. The van der Waals surface area contributed by atoms with E-state index in [1.807, 2.05) is 18.2 Å². The molecular formula is C19H25ClN4O4S3. The van der Waals surface area contributed by atoms with Crippen molar-refractivity contribution in [3.63, 3.8) is 0 Å². The van der Waals surface area contributed by atoms with Crippen LogP contribution >= 0.6 is 22.9 Å². The van der Waals surface area contributed by atoms with Gasteiger partial charge < -0.3 is 10.2 Å². The molecule has 0 amide bonds.